The smallest absolute Gasteiger partial charge is 0.144 e. The number of ether oxygens (including phenoxy) is 1. The zero-order valence-corrected chi connectivity index (χ0v) is 7.87. The van der Waals surface area contributed by atoms with Crippen molar-refractivity contribution in [3.63, 3.8) is 0 Å². The van der Waals surface area contributed by atoms with Crippen LogP contribution in [0.3, 0.4) is 0 Å². The highest BCUT2D eigenvalue weighted by Crippen LogP contribution is 2.13. The Morgan fingerprint density at radius 3 is 2.92 bits per heavy atom. The molecule has 0 aliphatic heterocycles. The molecule has 1 aromatic rings. The standard InChI is InChI=1S/C10H12N2O/c1-3-4-13-10-5-8(2)12-9(6-10)7-11/h5-6H,3-4H2,1-2H3. The normalized spacial score (nSPS) is 9.31. The van der Waals surface area contributed by atoms with Crippen molar-refractivity contribution in [2.24, 2.45) is 0 Å². The second kappa shape index (κ2) is 4.46. The van der Waals surface area contributed by atoms with Crippen LogP contribution in [0.15, 0.2) is 12.1 Å². The zero-order valence-electron chi connectivity index (χ0n) is 7.87. The van der Waals surface area contributed by atoms with Gasteiger partial charge in [-0.25, -0.2) is 4.98 Å². The number of pyridine rings is 1. The van der Waals surface area contributed by atoms with Gasteiger partial charge in [0, 0.05) is 17.8 Å². The Labute approximate surface area is 78.0 Å². The molecule has 0 amide bonds. The second-order valence-electron chi connectivity index (χ2n) is 2.79. The molecule has 0 radical (unpaired) electrons. The lowest BCUT2D eigenvalue weighted by molar-refractivity contribution is 0.316. The third kappa shape index (κ3) is 2.75. The Balaban J connectivity index is 2.83. The summed E-state index contributed by atoms with van der Waals surface area (Å²) in [4.78, 5) is 4.02. The van der Waals surface area contributed by atoms with Gasteiger partial charge in [-0.3, -0.25) is 0 Å². The molecule has 0 unspecified atom stereocenters. The van der Waals surface area contributed by atoms with E-state index in [2.05, 4.69) is 4.98 Å². The lowest BCUT2D eigenvalue weighted by atomic mass is 10.3. The molecule has 0 spiro atoms. The fourth-order valence-corrected chi connectivity index (χ4v) is 0.997. The molecule has 0 fully saturated rings. The van der Waals surface area contributed by atoms with Crippen LogP contribution in [0.25, 0.3) is 0 Å². The molecule has 1 rings (SSSR count). The first-order valence-electron chi connectivity index (χ1n) is 4.28. The van der Waals surface area contributed by atoms with Gasteiger partial charge >= 0.3 is 0 Å². The molecule has 0 aromatic carbocycles. The van der Waals surface area contributed by atoms with Gasteiger partial charge < -0.3 is 4.74 Å². The first-order valence-corrected chi connectivity index (χ1v) is 4.28. The summed E-state index contributed by atoms with van der Waals surface area (Å²) in [7, 11) is 0. The Bertz CT molecular complexity index is 328. The Morgan fingerprint density at radius 1 is 1.54 bits per heavy atom. The van der Waals surface area contributed by atoms with Crippen molar-refractivity contribution < 1.29 is 4.74 Å². The molecule has 3 nitrogen and oxygen atoms in total. The van der Waals surface area contributed by atoms with E-state index in [9.17, 15) is 0 Å². The number of aryl methyl sites for hydroxylation is 1. The van der Waals surface area contributed by atoms with Crippen molar-refractivity contribution in [3.8, 4) is 11.8 Å². The van der Waals surface area contributed by atoms with E-state index < -0.39 is 0 Å². The van der Waals surface area contributed by atoms with E-state index in [1.165, 1.54) is 0 Å². The average molecular weight is 176 g/mol. The summed E-state index contributed by atoms with van der Waals surface area (Å²) in [6.07, 6.45) is 0.962. The lowest BCUT2D eigenvalue weighted by Gasteiger charge is -2.04. The topological polar surface area (TPSA) is 45.9 Å². The monoisotopic (exact) mass is 176 g/mol. The Morgan fingerprint density at radius 2 is 2.31 bits per heavy atom. The Hall–Kier alpha value is -1.56. The number of hydrogen-bond acceptors (Lipinski definition) is 3. The van der Waals surface area contributed by atoms with Crippen molar-refractivity contribution >= 4 is 0 Å². The zero-order chi connectivity index (χ0) is 9.68. The molecule has 0 saturated carbocycles. The van der Waals surface area contributed by atoms with Gasteiger partial charge in [0.2, 0.25) is 0 Å². The van der Waals surface area contributed by atoms with E-state index in [4.69, 9.17) is 10.00 Å². The van der Waals surface area contributed by atoms with Crippen molar-refractivity contribution in [3.05, 3.63) is 23.5 Å². The minimum atomic E-state index is 0.408. The number of nitrogens with zero attached hydrogens (tertiary/aromatic N) is 2. The average Bonchev–Trinajstić information content (AvgIpc) is 2.14. The molecule has 13 heavy (non-hydrogen) atoms. The molecule has 1 heterocycles. The van der Waals surface area contributed by atoms with Gasteiger partial charge in [-0.05, 0) is 13.3 Å². The molecule has 0 saturated heterocycles. The molecule has 0 atom stereocenters. The molecule has 0 bridgehead atoms. The van der Waals surface area contributed by atoms with E-state index >= 15 is 0 Å². The van der Waals surface area contributed by atoms with Crippen molar-refractivity contribution in [2.75, 3.05) is 6.61 Å². The van der Waals surface area contributed by atoms with Crippen LogP contribution in [0.4, 0.5) is 0 Å². The van der Waals surface area contributed by atoms with Crippen LogP contribution in [-0.4, -0.2) is 11.6 Å². The highest BCUT2D eigenvalue weighted by Gasteiger charge is 1.99. The SMILES string of the molecule is CCCOc1cc(C)nc(C#N)c1. The number of aromatic nitrogens is 1. The highest BCUT2D eigenvalue weighted by molar-refractivity contribution is 5.32. The van der Waals surface area contributed by atoms with Crippen LogP contribution < -0.4 is 4.74 Å². The van der Waals surface area contributed by atoms with Crippen molar-refractivity contribution in [1.29, 1.82) is 5.26 Å². The molecule has 0 N–H and O–H groups in total. The minimum absolute atomic E-state index is 0.408. The van der Waals surface area contributed by atoms with Crippen LogP contribution in [0, 0.1) is 18.3 Å². The maximum absolute atomic E-state index is 8.64. The van der Waals surface area contributed by atoms with Gasteiger partial charge in [0.15, 0.2) is 0 Å². The molecule has 0 aliphatic carbocycles. The number of rotatable bonds is 3. The first kappa shape index (κ1) is 9.53. The molecule has 68 valence electrons. The first-order chi connectivity index (χ1) is 6.26. The van der Waals surface area contributed by atoms with Gasteiger partial charge in [-0.1, -0.05) is 6.92 Å². The fourth-order valence-electron chi connectivity index (χ4n) is 0.997. The van der Waals surface area contributed by atoms with Gasteiger partial charge in [-0.15, -0.1) is 0 Å². The second-order valence-corrected chi connectivity index (χ2v) is 2.79. The maximum atomic E-state index is 8.64. The molecule has 1 aromatic heterocycles. The number of nitriles is 1. The third-order valence-corrected chi connectivity index (χ3v) is 1.51. The molecular weight excluding hydrogens is 164 g/mol. The number of hydrogen-bond donors (Lipinski definition) is 0. The predicted octanol–water partition coefficient (Wildman–Crippen LogP) is 2.05. The minimum Gasteiger partial charge on any atom is -0.493 e. The van der Waals surface area contributed by atoms with Gasteiger partial charge in [0.05, 0.1) is 6.61 Å². The van der Waals surface area contributed by atoms with Gasteiger partial charge in [0.25, 0.3) is 0 Å². The largest absolute Gasteiger partial charge is 0.493 e. The summed E-state index contributed by atoms with van der Waals surface area (Å²) in [5.74, 6) is 0.728. The van der Waals surface area contributed by atoms with E-state index in [0.29, 0.717) is 12.3 Å². The summed E-state index contributed by atoms with van der Waals surface area (Å²) >= 11 is 0. The van der Waals surface area contributed by atoms with E-state index in [1.54, 1.807) is 6.07 Å². The summed E-state index contributed by atoms with van der Waals surface area (Å²) in [5.41, 5.74) is 1.22. The molecule has 0 aliphatic rings. The van der Waals surface area contributed by atoms with Crippen LogP contribution in [0.2, 0.25) is 0 Å². The molecule has 3 heteroatoms. The quantitative estimate of drug-likeness (QED) is 0.708. The fraction of sp³-hybridized carbons (Fsp3) is 0.400. The highest BCUT2D eigenvalue weighted by atomic mass is 16.5. The summed E-state index contributed by atoms with van der Waals surface area (Å²) in [6, 6.07) is 5.48. The van der Waals surface area contributed by atoms with Crippen LogP contribution >= 0.6 is 0 Å². The predicted molar refractivity (Wildman–Crippen MR) is 49.5 cm³/mol. The van der Waals surface area contributed by atoms with Gasteiger partial charge in [-0.2, -0.15) is 5.26 Å². The van der Waals surface area contributed by atoms with Crippen molar-refractivity contribution in [1.82, 2.24) is 4.98 Å². The Kier molecular flexibility index (Phi) is 3.27. The summed E-state index contributed by atoms with van der Waals surface area (Å²) in [5, 5.41) is 8.64. The van der Waals surface area contributed by atoms with Crippen LogP contribution in [0.5, 0.6) is 5.75 Å². The van der Waals surface area contributed by atoms with Crippen LogP contribution in [-0.2, 0) is 0 Å². The van der Waals surface area contributed by atoms with Crippen LogP contribution in [0.1, 0.15) is 24.7 Å². The third-order valence-electron chi connectivity index (χ3n) is 1.51. The summed E-state index contributed by atoms with van der Waals surface area (Å²) < 4.78 is 5.39. The van der Waals surface area contributed by atoms with Crippen molar-refractivity contribution in [2.45, 2.75) is 20.3 Å². The van der Waals surface area contributed by atoms with E-state index in [1.807, 2.05) is 26.0 Å². The lowest BCUT2D eigenvalue weighted by Crippen LogP contribution is -1.97. The van der Waals surface area contributed by atoms with E-state index in [-0.39, 0.29) is 0 Å². The maximum Gasteiger partial charge on any atom is 0.144 e. The van der Waals surface area contributed by atoms with Gasteiger partial charge in [0.1, 0.15) is 17.5 Å². The summed E-state index contributed by atoms with van der Waals surface area (Å²) in [6.45, 7) is 4.56. The molecular formula is C10H12N2O. The van der Waals surface area contributed by atoms with E-state index in [0.717, 1.165) is 17.9 Å².